The predicted octanol–water partition coefficient (Wildman–Crippen LogP) is 2.47. The van der Waals surface area contributed by atoms with Gasteiger partial charge in [-0.3, -0.25) is 4.79 Å². The first-order chi connectivity index (χ1) is 10.1. The van der Waals surface area contributed by atoms with Gasteiger partial charge in [-0.25, -0.2) is 9.37 Å². The maximum atomic E-state index is 13.6. The minimum absolute atomic E-state index is 0.208. The highest BCUT2D eigenvalue weighted by atomic mass is 19.1. The number of carbonyl (C=O) groups is 1. The Kier molecular flexibility index (Phi) is 3.23. The highest BCUT2D eigenvalue weighted by Gasteiger charge is 2.15. The molecule has 7 heteroatoms. The number of amides is 1. The smallest absolute Gasteiger partial charge is 0.275 e. The van der Waals surface area contributed by atoms with Crippen molar-refractivity contribution in [2.75, 3.05) is 5.32 Å². The van der Waals surface area contributed by atoms with Gasteiger partial charge in [0.2, 0.25) is 0 Å². The van der Waals surface area contributed by atoms with Gasteiger partial charge in [0.05, 0.1) is 18.1 Å². The van der Waals surface area contributed by atoms with Crippen LogP contribution in [-0.4, -0.2) is 20.6 Å². The molecule has 1 amide bonds. The van der Waals surface area contributed by atoms with Crippen LogP contribution in [0.15, 0.2) is 47.4 Å². The Balaban J connectivity index is 1.82. The van der Waals surface area contributed by atoms with Gasteiger partial charge in [-0.2, -0.15) is 0 Å². The first kappa shape index (κ1) is 13.0. The monoisotopic (exact) mass is 286 g/mol. The third-order valence-electron chi connectivity index (χ3n) is 2.94. The number of anilines is 1. The molecule has 3 aromatic rings. The molecule has 0 aliphatic heterocycles. The molecular formula is C14H11FN4O2. The zero-order valence-electron chi connectivity index (χ0n) is 11.1. The van der Waals surface area contributed by atoms with E-state index >= 15 is 0 Å². The van der Waals surface area contributed by atoms with E-state index in [1.54, 1.807) is 29.8 Å². The molecule has 21 heavy (non-hydrogen) atoms. The fourth-order valence-electron chi connectivity index (χ4n) is 1.88. The molecule has 0 bridgehead atoms. The summed E-state index contributed by atoms with van der Waals surface area (Å²) < 4.78 is 20.3. The van der Waals surface area contributed by atoms with Crippen molar-refractivity contribution in [3.8, 4) is 11.3 Å². The molecule has 0 radical (unpaired) electrons. The quantitative estimate of drug-likeness (QED) is 0.802. The Hall–Kier alpha value is -2.96. The highest BCUT2D eigenvalue weighted by Crippen LogP contribution is 2.25. The molecule has 0 fully saturated rings. The van der Waals surface area contributed by atoms with Crippen LogP contribution < -0.4 is 5.32 Å². The van der Waals surface area contributed by atoms with Crippen LogP contribution in [0.25, 0.3) is 11.3 Å². The molecule has 0 aliphatic carbocycles. The minimum atomic E-state index is -0.418. The van der Waals surface area contributed by atoms with Crippen molar-refractivity contribution in [2.45, 2.75) is 0 Å². The number of imidazole rings is 1. The van der Waals surface area contributed by atoms with Gasteiger partial charge in [0, 0.05) is 13.1 Å². The van der Waals surface area contributed by atoms with E-state index in [1.165, 1.54) is 24.7 Å². The topological polar surface area (TPSA) is 73.0 Å². The van der Waals surface area contributed by atoms with Gasteiger partial charge in [0.1, 0.15) is 11.5 Å². The van der Waals surface area contributed by atoms with Crippen LogP contribution >= 0.6 is 0 Å². The van der Waals surface area contributed by atoms with E-state index in [1.807, 2.05) is 0 Å². The Morgan fingerprint density at radius 1 is 1.38 bits per heavy atom. The molecule has 0 saturated heterocycles. The number of hydrogen-bond donors (Lipinski definition) is 1. The van der Waals surface area contributed by atoms with Crippen LogP contribution in [0.2, 0.25) is 0 Å². The van der Waals surface area contributed by atoms with Crippen molar-refractivity contribution >= 4 is 11.7 Å². The van der Waals surface area contributed by atoms with E-state index in [9.17, 15) is 9.18 Å². The average molecular weight is 286 g/mol. The second-order valence-corrected chi connectivity index (χ2v) is 4.40. The van der Waals surface area contributed by atoms with Gasteiger partial charge >= 0.3 is 0 Å². The molecular weight excluding hydrogens is 275 g/mol. The number of benzene rings is 1. The van der Waals surface area contributed by atoms with Crippen LogP contribution in [0.3, 0.4) is 0 Å². The van der Waals surface area contributed by atoms with Crippen LogP contribution in [0.1, 0.15) is 10.5 Å². The summed E-state index contributed by atoms with van der Waals surface area (Å²) in [4.78, 5) is 15.8. The number of carbonyl (C=O) groups excluding carboxylic acids is 1. The summed E-state index contributed by atoms with van der Waals surface area (Å²) in [5.74, 6) is -0.339. The molecule has 1 N–H and O–H groups in total. The summed E-state index contributed by atoms with van der Waals surface area (Å²) >= 11 is 0. The molecule has 6 nitrogen and oxygen atoms in total. The summed E-state index contributed by atoms with van der Waals surface area (Å²) in [6.07, 6.45) is 2.95. The van der Waals surface area contributed by atoms with E-state index in [-0.39, 0.29) is 23.0 Å². The number of nitrogens with zero attached hydrogens (tertiary/aromatic N) is 3. The van der Waals surface area contributed by atoms with Crippen LogP contribution in [0, 0.1) is 5.82 Å². The zero-order valence-corrected chi connectivity index (χ0v) is 11.1. The fraction of sp³-hybridized carbons (Fsp3) is 0.0714. The molecule has 3 rings (SSSR count). The minimum Gasteiger partial charge on any atom is -0.354 e. The van der Waals surface area contributed by atoms with Gasteiger partial charge in [-0.05, 0) is 12.1 Å². The SMILES string of the molecule is Cn1cncc1C(=O)Nc1cc(-c2ccccc2F)on1. The van der Waals surface area contributed by atoms with E-state index in [0.717, 1.165) is 0 Å². The normalized spacial score (nSPS) is 10.6. The van der Waals surface area contributed by atoms with E-state index < -0.39 is 5.82 Å². The average Bonchev–Trinajstić information content (AvgIpc) is 3.08. The van der Waals surface area contributed by atoms with Gasteiger partial charge < -0.3 is 14.4 Å². The number of aromatic nitrogens is 3. The number of aryl methyl sites for hydroxylation is 1. The molecule has 1 aromatic carbocycles. The van der Waals surface area contributed by atoms with Crippen molar-refractivity contribution < 1.29 is 13.7 Å². The lowest BCUT2D eigenvalue weighted by Crippen LogP contribution is -2.15. The number of halogens is 1. The summed E-state index contributed by atoms with van der Waals surface area (Å²) in [5, 5.41) is 6.28. The Morgan fingerprint density at radius 2 is 2.19 bits per heavy atom. The molecule has 0 unspecified atom stereocenters. The van der Waals surface area contributed by atoms with Crippen LogP contribution in [0.4, 0.5) is 10.2 Å². The number of rotatable bonds is 3. The predicted molar refractivity (Wildman–Crippen MR) is 73.1 cm³/mol. The maximum Gasteiger partial charge on any atom is 0.275 e. The second kappa shape index (κ2) is 5.20. The Labute approximate surface area is 119 Å². The van der Waals surface area contributed by atoms with Crippen LogP contribution in [0.5, 0.6) is 0 Å². The van der Waals surface area contributed by atoms with Crippen LogP contribution in [-0.2, 0) is 7.05 Å². The summed E-state index contributed by atoms with van der Waals surface area (Å²) in [6, 6.07) is 7.64. The van der Waals surface area contributed by atoms with Crippen molar-refractivity contribution in [2.24, 2.45) is 7.05 Å². The third-order valence-corrected chi connectivity index (χ3v) is 2.94. The van der Waals surface area contributed by atoms with E-state index in [0.29, 0.717) is 5.69 Å². The molecule has 2 aromatic heterocycles. The van der Waals surface area contributed by atoms with Gasteiger partial charge in [0.15, 0.2) is 11.6 Å². The largest absolute Gasteiger partial charge is 0.354 e. The second-order valence-electron chi connectivity index (χ2n) is 4.40. The van der Waals surface area contributed by atoms with Crippen molar-refractivity contribution in [3.63, 3.8) is 0 Å². The third kappa shape index (κ3) is 2.53. The molecule has 0 spiro atoms. The summed E-state index contributed by atoms with van der Waals surface area (Å²) in [6.45, 7) is 0. The van der Waals surface area contributed by atoms with E-state index in [2.05, 4.69) is 15.5 Å². The lowest BCUT2D eigenvalue weighted by Gasteiger charge is -2.00. The summed E-state index contributed by atoms with van der Waals surface area (Å²) in [7, 11) is 1.70. The van der Waals surface area contributed by atoms with Gasteiger partial charge in [0.25, 0.3) is 5.91 Å². The molecule has 2 heterocycles. The first-order valence-electron chi connectivity index (χ1n) is 6.14. The molecule has 0 atom stereocenters. The molecule has 106 valence electrons. The number of hydrogen-bond acceptors (Lipinski definition) is 4. The summed E-state index contributed by atoms with van der Waals surface area (Å²) in [5.41, 5.74) is 0.663. The number of nitrogens with one attached hydrogen (secondary N) is 1. The first-order valence-corrected chi connectivity index (χ1v) is 6.14. The zero-order chi connectivity index (χ0) is 14.8. The van der Waals surface area contributed by atoms with E-state index in [4.69, 9.17) is 4.52 Å². The lowest BCUT2D eigenvalue weighted by molar-refractivity contribution is 0.101. The van der Waals surface area contributed by atoms with Crippen molar-refractivity contribution in [1.29, 1.82) is 0 Å². The van der Waals surface area contributed by atoms with Gasteiger partial charge in [-0.1, -0.05) is 17.3 Å². The van der Waals surface area contributed by atoms with Crippen molar-refractivity contribution in [3.05, 3.63) is 54.4 Å². The molecule has 0 aliphatic rings. The standard InChI is InChI=1S/C14H11FN4O2/c1-19-8-16-7-11(19)14(20)17-13-6-12(21-18-13)9-4-2-3-5-10(9)15/h2-8H,1H3,(H,17,18,20). The molecule has 0 saturated carbocycles. The lowest BCUT2D eigenvalue weighted by atomic mass is 10.1. The Morgan fingerprint density at radius 3 is 2.90 bits per heavy atom. The van der Waals surface area contributed by atoms with Crippen molar-refractivity contribution in [1.82, 2.24) is 14.7 Å². The Bertz CT molecular complexity index is 794. The van der Waals surface area contributed by atoms with Gasteiger partial charge in [-0.15, -0.1) is 0 Å². The fourth-order valence-corrected chi connectivity index (χ4v) is 1.88. The maximum absolute atomic E-state index is 13.6. The highest BCUT2D eigenvalue weighted by molar-refractivity contribution is 6.02.